The SMILES string of the molecule is CC(C)CC(N)C(=O)O.NC(=O)CCC(N)C(=O)O.NC(CO)C(=O)O. The molecule has 154 valence electrons. The molecule has 0 saturated heterocycles. The maximum Gasteiger partial charge on any atom is 0.322 e. The van der Waals surface area contributed by atoms with Crippen molar-refractivity contribution < 1.29 is 39.6 Å². The zero-order chi connectivity index (χ0) is 21.4. The van der Waals surface area contributed by atoms with Crippen LogP contribution in [-0.4, -0.2) is 69.0 Å². The van der Waals surface area contributed by atoms with Crippen molar-refractivity contribution in [3.05, 3.63) is 0 Å². The predicted molar refractivity (Wildman–Crippen MR) is 91.8 cm³/mol. The number of aliphatic hydroxyl groups excluding tert-OH is 1. The summed E-state index contributed by atoms with van der Waals surface area (Å²) in [5, 5.41) is 32.4. The van der Waals surface area contributed by atoms with E-state index in [4.69, 9.17) is 43.4 Å². The number of rotatable bonds is 9. The van der Waals surface area contributed by atoms with Crippen LogP contribution in [0.5, 0.6) is 0 Å². The zero-order valence-corrected chi connectivity index (χ0v) is 14.9. The van der Waals surface area contributed by atoms with E-state index >= 15 is 0 Å². The van der Waals surface area contributed by atoms with Gasteiger partial charge < -0.3 is 43.4 Å². The fraction of sp³-hybridized carbons (Fsp3) is 0.714. The van der Waals surface area contributed by atoms with Crippen LogP contribution in [0.25, 0.3) is 0 Å². The third-order valence-electron chi connectivity index (χ3n) is 2.58. The molecule has 0 aliphatic heterocycles. The van der Waals surface area contributed by atoms with Gasteiger partial charge in [0.15, 0.2) is 0 Å². The summed E-state index contributed by atoms with van der Waals surface area (Å²) in [6.07, 6.45) is 0.674. The number of aliphatic hydroxyl groups is 1. The molecule has 0 bridgehead atoms. The lowest BCUT2D eigenvalue weighted by molar-refractivity contribution is -0.140. The lowest BCUT2D eigenvalue weighted by Crippen LogP contribution is -2.33. The Balaban J connectivity index is -0.000000310. The van der Waals surface area contributed by atoms with Crippen LogP contribution in [0.1, 0.15) is 33.1 Å². The van der Waals surface area contributed by atoms with Crippen LogP contribution in [-0.2, 0) is 19.2 Å². The van der Waals surface area contributed by atoms with E-state index in [-0.39, 0.29) is 12.8 Å². The number of carbonyl (C=O) groups excluding carboxylic acids is 1. The van der Waals surface area contributed by atoms with Gasteiger partial charge in [-0.3, -0.25) is 19.2 Å². The third kappa shape index (κ3) is 21.7. The molecule has 0 spiro atoms. The highest BCUT2D eigenvalue weighted by molar-refractivity contribution is 5.77. The van der Waals surface area contributed by atoms with Gasteiger partial charge in [0.25, 0.3) is 0 Å². The lowest BCUT2D eigenvalue weighted by atomic mass is 10.1. The van der Waals surface area contributed by atoms with Crippen molar-refractivity contribution in [3.8, 4) is 0 Å². The lowest BCUT2D eigenvalue weighted by Gasteiger charge is -2.07. The molecule has 26 heavy (non-hydrogen) atoms. The van der Waals surface area contributed by atoms with Crippen LogP contribution in [0.3, 0.4) is 0 Å². The number of carboxylic acids is 3. The van der Waals surface area contributed by atoms with Crippen LogP contribution in [0, 0.1) is 5.92 Å². The van der Waals surface area contributed by atoms with E-state index < -0.39 is 48.5 Å². The molecule has 0 aliphatic rings. The van der Waals surface area contributed by atoms with Crippen LogP contribution in [0.4, 0.5) is 0 Å². The summed E-state index contributed by atoms with van der Waals surface area (Å²) in [7, 11) is 0. The molecule has 3 unspecified atom stereocenters. The van der Waals surface area contributed by atoms with Gasteiger partial charge in [0.1, 0.15) is 18.1 Å². The molecule has 0 heterocycles. The van der Waals surface area contributed by atoms with Crippen LogP contribution >= 0.6 is 0 Å². The number of carbonyl (C=O) groups is 4. The number of hydrogen-bond donors (Lipinski definition) is 8. The highest BCUT2D eigenvalue weighted by Crippen LogP contribution is 2.01. The van der Waals surface area contributed by atoms with Crippen LogP contribution < -0.4 is 22.9 Å². The quantitative estimate of drug-likeness (QED) is 0.207. The van der Waals surface area contributed by atoms with Gasteiger partial charge in [0, 0.05) is 6.42 Å². The molecule has 0 saturated carbocycles. The fourth-order valence-corrected chi connectivity index (χ4v) is 1.11. The van der Waals surface area contributed by atoms with E-state index in [1.54, 1.807) is 0 Å². The van der Waals surface area contributed by atoms with E-state index in [0.717, 1.165) is 0 Å². The Morgan fingerprint density at radius 1 is 0.808 bits per heavy atom. The Labute approximate surface area is 151 Å². The smallest absolute Gasteiger partial charge is 0.322 e. The average molecular weight is 382 g/mol. The number of amides is 1. The molecule has 12 nitrogen and oxygen atoms in total. The number of aliphatic carboxylic acids is 3. The van der Waals surface area contributed by atoms with Crippen molar-refractivity contribution in [2.75, 3.05) is 6.61 Å². The molecule has 0 aromatic heterocycles. The first-order valence-electron chi connectivity index (χ1n) is 7.60. The molecule has 3 atom stereocenters. The molecular weight excluding hydrogens is 352 g/mol. The summed E-state index contributed by atoms with van der Waals surface area (Å²) in [5.74, 6) is -3.37. The van der Waals surface area contributed by atoms with E-state index in [1.807, 2.05) is 13.8 Å². The summed E-state index contributed by atoms with van der Waals surface area (Å²) in [6.45, 7) is 3.39. The first-order chi connectivity index (χ1) is 11.8. The number of carboxylic acid groups (broad SMARTS) is 3. The van der Waals surface area contributed by atoms with Crippen molar-refractivity contribution >= 4 is 23.8 Å². The third-order valence-corrected chi connectivity index (χ3v) is 2.58. The average Bonchev–Trinajstić information content (AvgIpc) is 2.51. The largest absolute Gasteiger partial charge is 0.480 e. The number of nitrogens with two attached hydrogens (primary N) is 4. The second kappa shape index (κ2) is 16.2. The van der Waals surface area contributed by atoms with Gasteiger partial charge in [-0.1, -0.05) is 13.8 Å². The van der Waals surface area contributed by atoms with Gasteiger partial charge in [-0.25, -0.2) is 0 Å². The Kier molecular flexibility index (Phi) is 17.8. The molecule has 0 rings (SSSR count). The fourth-order valence-electron chi connectivity index (χ4n) is 1.11. The highest BCUT2D eigenvalue weighted by atomic mass is 16.4. The minimum Gasteiger partial charge on any atom is -0.480 e. The maximum absolute atomic E-state index is 10.1. The monoisotopic (exact) mass is 382 g/mol. The van der Waals surface area contributed by atoms with Crippen LogP contribution in [0.2, 0.25) is 0 Å². The zero-order valence-electron chi connectivity index (χ0n) is 14.9. The van der Waals surface area contributed by atoms with Gasteiger partial charge in [-0.2, -0.15) is 0 Å². The Hall–Kier alpha value is -2.28. The maximum atomic E-state index is 10.1. The van der Waals surface area contributed by atoms with Crippen molar-refractivity contribution in [2.45, 2.75) is 51.2 Å². The summed E-state index contributed by atoms with van der Waals surface area (Å²) in [6, 6.07) is -2.79. The van der Waals surface area contributed by atoms with E-state index in [0.29, 0.717) is 12.3 Å². The predicted octanol–water partition coefficient (Wildman–Crippen LogP) is -2.50. The van der Waals surface area contributed by atoms with Crippen molar-refractivity contribution in [1.29, 1.82) is 0 Å². The van der Waals surface area contributed by atoms with E-state index in [2.05, 4.69) is 0 Å². The Morgan fingerprint density at radius 3 is 1.35 bits per heavy atom. The first kappa shape index (κ1) is 28.5. The molecule has 0 aromatic rings. The highest BCUT2D eigenvalue weighted by Gasteiger charge is 2.12. The van der Waals surface area contributed by atoms with Crippen molar-refractivity contribution in [1.82, 2.24) is 0 Å². The van der Waals surface area contributed by atoms with E-state index in [9.17, 15) is 19.2 Å². The number of primary amides is 1. The standard InChI is InChI=1S/C6H13NO2.C5H10N2O3.C3H7NO3/c1-4(2)3-5(7)6(8)9;6-3(5(9)10)1-2-4(7)8;4-2(1-5)3(6)7/h4-5H,3,7H2,1-2H3,(H,8,9);3H,1-2,6H2,(H2,7,8)(H,9,10);2,5H,1,4H2,(H,6,7). The van der Waals surface area contributed by atoms with Gasteiger partial charge in [0.2, 0.25) is 5.91 Å². The van der Waals surface area contributed by atoms with Gasteiger partial charge in [-0.05, 0) is 18.8 Å². The molecular formula is C14H30N4O8. The normalized spacial score (nSPS) is 13.2. The molecule has 0 aliphatic carbocycles. The van der Waals surface area contributed by atoms with Gasteiger partial charge in [0.05, 0.1) is 6.61 Å². The summed E-state index contributed by atoms with van der Waals surface area (Å²) >= 11 is 0. The van der Waals surface area contributed by atoms with Crippen LogP contribution in [0.15, 0.2) is 0 Å². The van der Waals surface area contributed by atoms with Gasteiger partial charge in [-0.15, -0.1) is 0 Å². The van der Waals surface area contributed by atoms with Crippen molar-refractivity contribution in [2.24, 2.45) is 28.9 Å². The van der Waals surface area contributed by atoms with Crippen molar-refractivity contribution in [3.63, 3.8) is 0 Å². The molecule has 1 amide bonds. The molecule has 0 aromatic carbocycles. The summed E-state index contributed by atoms with van der Waals surface area (Å²) in [4.78, 5) is 39.9. The topological polar surface area (TPSA) is 253 Å². The summed E-state index contributed by atoms with van der Waals surface area (Å²) in [5.41, 5.74) is 19.8. The minimum atomic E-state index is -1.18. The molecule has 12 heteroatoms. The molecule has 12 N–H and O–H groups in total. The Bertz CT molecular complexity index is 445. The second-order valence-electron chi connectivity index (χ2n) is 5.65. The summed E-state index contributed by atoms with van der Waals surface area (Å²) < 4.78 is 0. The number of hydrogen-bond acceptors (Lipinski definition) is 8. The van der Waals surface area contributed by atoms with E-state index in [1.165, 1.54) is 0 Å². The second-order valence-corrected chi connectivity index (χ2v) is 5.65. The Morgan fingerprint density at radius 2 is 1.19 bits per heavy atom. The molecule has 0 fully saturated rings. The molecule has 0 radical (unpaired) electrons. The van der Waals surface area contributed by atoms with Gasteiger partial charge >= 0.3 is 17.9 Å². The minimum absolute atomic E-state index is 0.0213. The first-order valence-corrected chi connectivity index (χ1v) is 7.60.